The molecule has 0 amide bonds. The topological polar surface area (TPSA) is 0 Å². The summed E-state index contributed by atoms with van der Waals surface area (Å²) in [5.41, 5.74) is 0.528. The van der Waals surface area contributed by atoms with Crippen molar-refractivity contribution < 1.29 is 8.78 Å². The van der Waals surface area contributed by atoms with Crippen LogP contribution >= 0.6 is 38.6 Å². The summed E-state index contributed by atoms with van der Waals surface area (Å²) in [4.78, 5) is 1.22. The monoisotopic (exact) mass is 358 g/mol. The van der Waals surface area contributed by atoms with E-state index in [0.29, 0.717) is 12.0 Å². The van der Waals surface area contributed by atoms with Gasteiger partial charge in [0.1, 0.15) is 11.6 Å². The minimum atomic E-state index is -0.538. The molecule has 3 aromatic rings. The first-order chi connectivity index (χ1) is 9.13. The summed E-state index contributed by atoms with van der Waals surface area (Å²) in [6, 6.07) is 7.96. The van der Waals surface area contributed by atoms with E-state index < -0.39 is 11.6 Å². The highest BCUT2D eigenvalue weighted by atomic mass is 79.9. The van der Waals surface area contributed by atoms with Crippen LogP contribution in [0.15, 0.2) is 35.7 Å². The molecular weight excluding hydrogens is 350 g/mol. The van der Waals surface area contributed by atoms with Gasteiger partial charge in [-0.15, -0.1) is 22.7 Å². The Balaban J connectivity index is 1.84. The molecular formula is C14H9BrF2S2. The first-order valence-electron chi connectivity index (χ1n) is 5.68. The van der Waals surface area contributed by atoms with Crippen LogP contribution in [0.1, 0.15) is 15.3 Å². The third kappa shape index (κ3) is 2.73. The van der Waals surface area contributed by atoms with Crippen LogP contribution in [0.3, 0.4) is 0 Å². The van der Waals surface area contributed by atoms with E-state index in [9.17, 15) is 8.78 Å². The zero-order valence-electron chi connectivity index (χ0n) is 9.70. The Morgan fingerprint density at radius 1 is 1.11 bits per heavy atom. The fourth-order valence-corrected chi connectivity index (χ4v) is 4.78. The normalized spacial score (nSPS) is 13.0. The Morgan fingerprint density at radius 2 is 1.95 bits per heavy atom. The van der Waals surface area contributed by atoms with Crippen LogP contribution in [0, 0.1) is 11.6 Å². The number of hydrogen-bond acceptors (Lipinski definition) is 2. The number of fused-ring (bicyclic) bond motifs is 1. The number of alkyl halides is 1. The number of thiophene rings is 2. The number of benzene rings is 1. The fourth-order valence-electron chi connectivity index (χ4n) is 1.92. The summed E-state index contributed by atoms with van der Waals surface area (Å²) < 4.78 is 29.0. The molecule has 2 heterocycles. The average Bonchev–Trinajstić information content (AvgIpc) is 2.93. The van der Waals surface area contributed by atoms with E-state index in [-0.39, 0.29) is 4.83 Å². The minimum absolute atomic E-state index is 0.0528. The zero-order chi connectivity index (χ0) is 13.4. The zero-order valence-corrected chi connectivity index (χ0v) is 12.9. The van der Waals surface area contributed by atoms with Crippen molar-refractivity contribution in [3.05, 3.63) is 57.8 Å². The van der Waals surface area contributed by atoms with Crippen LogP contribution in [0.25, 0.3) is 9.40 Å². The van der Waals surface area contributed by atoms with Crippen molar-refractivity contribution in [2.75, 3.05) is 0 Å². The van der Waals surface area contributed by atoms with E-state index in [1.54, 1.807) is 22.7 Å². The molecule has 1 unspecified atom stereocenters. The maximum atomic E-state index is 13.6. The third-order valence-corrected chi connectivity index (χ3v) is 6.21. The maximum absolute atomic E-state index is 13.6. The molecule has 0 N–H and O–H groups in total. The lowest BCUT2D eigenvalue weighted by Crippen LogP contribution is -1.97. The number of halogens is 3. The molecule has 98 valence electrons. The molecule has 5 heteroatoms. The molecule has 0 aliphatic heterocycles. The molecule has 19 heavy (non-hydrogen) atoms. The standard InChI is InChI=1S/C14H9BrF2S2/c15-10(5-8-1-2-9(16)6-11(8)17)13-7-14-12(19-13)3-4-18-14/h1-4,6-7,10H,5H2. The molecule has 3 rings (SSSR count). The summed E-state index contributed by atoms with van der Waals surface area (Å²) in [7, 11) is 0. The molecule has 1 atom stereocenters. The number of rotatable bonds is 3. The molecule has 0 bridgehead atoms. The van der Waals surface area contributed by atoms with Gasteiger partial charge in [0, 0.05) is 20.3 Å². The van der Waals surface area contributed by atoms with E-state index >= 15 is 0 Å². The SMILES string of the molecule is Fc1ccc(CC(Br)c2cc3sccc3s2)c(F)c1. The molecule has 0 aliphatic rings. The maximum Gasteiger partial charge on any atom is 0.129 e. The fraction of sp³-hybridized carbons (Fsp3) is 0.143. The molecule has 0 saturated carbocycles. The first kappa shape index (κ1) is 13.2. The van der Waals surface area contributed by atoms with Gasteiger partial charge in [0.05, 0.1) is 4.83 Å². The van der Waals surface area contributed by atoms with E-state index in [4.69, 9.17) is 0 Å². The van der Waals surface area contributed by atoms with Gasteiger partial charge in [-0.1, -0.05) is 22.0 Å². The van der Waals surface area contributed by atoms with Gasteiger partial charge in [0.15, 0.2) is 0 Å². The first-order valence-corrected chi connectivity index (χ1v) is 8.29. The van der Waals surface area contributed by atoms with Crippen molar-refractivity contribution in [3.8, 4) is 0 Å². The lowest BCUT2D eigenvalue weighted by Gasteiger charge is -2.08. The van der Waals surface area contributed by atoms with E-state index in [1.165, 1.54) is 26.4 Å². The molecule has 0 nitrogen and oxygen atoms in total. The molecule has 0 saturated heterocycles. The Hall–Kier alpha value is -0.780. The summed E-state index contributed by atoms with van der Waals surface area (Å²) in [5.74, 6) is -1.02. The van der Waals surface area contributed by atoms with E-state index in [2.05, 4.69) is 33.4 Å². The van der Waals surface area contributed by atoms with Crippen LogP contribution in [-0.2, 0) is 6.42 Å². The third-order valence-electron chi connectivity index (χ3n) is 2.88. The molecule has 0 spiro atoms. The van der Waals surface area contributed by atoms with Gasteiger partial charge in [-0.2, -0.15) is 0 Å². The van der Waals surface area contributed by atoms with Crippen molar-refractivity contribution in [2.24, 2.45) is 0 Å². The molecule has 0 fully saturated rings. The smallest absolute Gasteiger partial charge is 0.129 e. The highest BCUT2D eigenvalue weighted by Gasteiger charge is 2.15. The second kappa shape index (κ2) is 5.31. The molecule has 1 aromatic carbocycles. The van der Waals surface area contributed by atoms with Gasteiger partial charge < -0.3 is 0 Å². The predicted octanol–water partition coefficient (Wildman–Crippen LogP) is 5.92. The largest absolute Gasteiger partial charge is 0.207 e. The lowest BCUT2D eigenvalue weighted by molar-refractivity contribution is 0.571. The highest BCUT2D eigenvalue weighted by Crippen LogP contribution is 2.38. The summed E-state index contributed by atoms with van der Waals surface area (Å²) in [6.45, 7) is 0. The van der Waals surface area contributed by atoms with Gasteiger partial charge in [0.2, 0.25) is 0 Å². The summed E-state index contributed by atoms with van der Waals surface area (Å²) in [6.07, 6.45) is 0.514. The van der Waals surface area contributed by atoms with Crippen molar-refractivity contribution >= 4 is 48.0 Å². The number of hydrogen-bond donors (Lipinski definition) is 0. The Kier molecular flexibility index (Phi) is 3.69. The van der Waals surface area contributed by atoms with Crippen molar-refractivity contribution in [1.82, 2.24) is 0 Å². The van der Waals surface area contributed by atoms with Crippen molar-refractivity contribution in [3.63, 3.8) is 0 Å². The van der Waals surface area contributed by atoms with Gasteiger partial charge >= 0.3 is 0 Å². The highest BCUT2D eigenvalue weighted by molar-refractivity contribution is 9.09. The average molecular weight is 359 g/mol. The molecule has 0 radical (unpaired) electrons. The van der Waals surface area contributed by atoms with Crippen LogP contribution in [0.4, 0.5) is 8.78 Å². The second-order valence-electron chi connectivity index (χ2n) is 4.21. The Morgan fingerprint density at radius 3 is 2.68 bits per heavy atom. The van der Waals surface area contributed by atoms with Crippen LogP contribution in [0.5, 0.6) is 0 Å². The van der Waals surface area contributed by atoms with Crippen LogP contribution in [-0.4, -0.2) is 0 Å². The van der Waals surface area contributed by atoms with Gasteiger partial charge in [-0.05, 0) is 35.6 Å². The van der Waals surface area contributed by atoms with Crippen LogP contribution in [0.2, 0.25) is 0 Å². The van der Waals surface area contributed by atoms with Gasteiger partial charge in [-0.3, -0.25) is 0 Å². The van der Waals surface area contributed by atoms with Crippen LogP contribution < -0.4 is 0 Å². The van der Waals surface area contributed by atoms with Gasteiger partial charge in [-0.25, -0.2) is 8.78 Å². The second-order valence-corrected chi connectivity index (χ2v) is 7.37. The van der Waals surface area contributed by atoms with E-state index in [1.807, 2.05) is 0 Å². The van der Waals surface area contributed by atoms with E-state index in [0.717, 1.165) is 6.07 Å². The summed E-state index contributed by atoms with van der Waals surface area (Å²) >= 11 is 7.00. The minimum Gasteiger partial charge on any atom is -0.207 e. The molecule has 2 aromatic heterocycles. The summed E-state index contributed by atoms with van der Waals surface area (Å²) in [5, 5.41) is 2.06. The predicted molar refractivity (Wildman–Crippen MR) is 81.4 cm³/mol. The Bertz CT molecular complexity index is 689. The lowest BCUT2D eigenvalue weighted by atomic mass is 10.1. The molecule has 0 aliphatic carbocycles. The van der Waals surface area contributed by atoms with Crippen molar-refractivity contribution in [2.45, 2.75) is 11.2 Å². The quantitative estimate of drug-likeness (QED) is 0.509. The van der Waals surface area contributed by atoms with Gasteiger partial charge in [0.25, 0.3) is 0 Å². The Labute approximate surface area is 125 Å². The van der Waals surface area contributed by atoms with Crippen molar-refractivity contribution in [1.29, 1.82) is 0 Å².